The molecule has 0 radical (unpaired) electrons. The van der Waals surface area contributed by atoms with E-state index < -0.39 is 12.0 Å². The van der Waals surface area contributed by atoms with E-state index in [9.17, 15) is 9.90 Å². The number of benzene rings is 3. The fourth-order valence-corrected chi connectivity index (χ4v) is 3.70. The molecule has 1 aromatic heterocycles. The Kier molecular flexibility index (Phi) is 7.01. The number of aromatic nitrogens is 1. The summed E-state index contributed by atoms with van der Waals surface area (Å²) >= 11 is 0. The number of nitrogens with zero attached hydrogens (tertiary/aromatic N) is 1. The summed E-state index contributed by atoms with van der Waals surface area (Å²) in [7, 11) is 0. The van der Waals surface area contributed by atoms with Crippen molar-refractivity contribution in [3.8, 4) is 0 Å². The third kappa shape index (κ3) is 4.95. The highest BCUT2D eigenvalue weighted by molar-refractivity contribution is 5.85. The summed E-state index contributed by atoms with van der Waals surface area (Å²) in [5.41, 5.74) is 4.46. The van der Waals surface area contributed by atoms with Crippen LogP contribution in [0.15, 0.2) is 91.1 Å². The fourth-order valence-electron chi connectivity index (χ4n) is 3.70. The molecular formula is C25H26N2O3. The van der Waals surface area contributed by atoms with Gasteiger partial charge in [-0.25, -0.2) is 0 Å². The second kappa shape index (κ2) is 9.87. The predicted octanol–water partition coefficient (Wildman–Crippen LogP) is 3.65. The lowest BCUT2D eigenvalue weighted by molar-refractivity contribution is -0.139. The number of para-hydroxylation sites is 1. The number of rotatable bonds is 8. The normalized spacial score (nSPS) is 11.7. The Morgan fingerprint density at radius 3 is 2.13 bits per heavy atom. The molecule has 0 aliphatic carbocycles. The summed E-state index contributed by atoms with van der Waals surface area (Å²) in [6.45, 7) is 1.29. The smallest absolute Gasteiger partial charge is 0.321 e. The summed E-state index contributed by atoms with van der Waals surface area (Å²) in [6.07, 6.45) is 2.53. The first-order valence-electron chi connectivity index (χ1n) is 9.81. The number of aliphatic carboxylic acids is 1. The van der Waals surface area contributed by atoms with Gasteiger partial charge in [0, 0.05) is 36.6 Å². The van der Waals surface area contributed by atoms with Crippen LogP contribution >= 0.6 is 0 Å². The van der Waals surface area contributed by atoms with E-state index in [1.165, 1.54) is 5.56 Å². The molecular weight excluding hydrogens is 376 g/mol. The number of carboxylic acid groups (broad SMARTS) is 1. The molecule has 4 rings (SSSR count). The van der Waals surface area contributed by atoms with Gasteiger partial charge in [0.05, 0.1) is 0 Å². The Balaban J connectivity index is 0.00000256. The molecule has 1 atom stereocenters. The van der Waals surface area contributed by atoms with Crippen LogP contribution in [0.5, 0.6) is 0 Å². The van der Waals surface area contributed by atoms with Gasteiger partial charge in [-0.1, -0.05) is 78.9 Å². The van der Waals surface area contributed by atoms with Gasteiger partial charge in [0.2, 0.25) is 0 Å². The van der Waals surface area contributed by atoms with Gasteiger partial charge in [-0.3, -0.25) is 4.79 Å². The van der Waals surface area contributed by atoms with Gasteiger partial charge in [-0.05, 0) is 22.8 Å². The summed E-state index contributed by atoms with van der Waals surface area (Å²) in [4.78, 5) is 11.9. The van der Waals surface area contributed by atoms with Crippen molar-refractivity contribution in [3.05, 3.63) is 108 Å². The van der Waals surface area contributed by atoms with E-state index in [4.69, 9.17) is 0 Å². The van der Waals surface area contributed by atoms with E-state index in [1.807, 2.05) is 60.7 Å². The van der Waals surface area contributed by atoms with Gasteiger partial charge in [0.15, 0.2) is 0 Å². The van der Waals surface area contributed by atoms with Crippen molar-refractivity contribution < 1.29 is 15.4 Å². The zero-order chi connectivity index (χ0) is 20.1. The molecule has 154 valence electrons. The zero-order valence-corrected chi connectivity index (χ0v) is 16.7. The average molecular weight is 402 g/mol. The summed E-state index contributed by atoms with van der Waals surface area (Å²) < 4.78 is 2.20. The topological polar surface area (TPSA) is 85.8 Å². The monoisotopic (exact) mass is 402 g/mol. The van der Waals surface area contributed by atoms with E-state index in [0.717, 1.165) is 28.6 Å². The van der Waals surface area contributed by atoms with Crippen molar-refractivity contribution in [1.29, 1.82) is 0 Å². The lowest BCUT2D eigenvalue weighted by Crippen LogP contribution is -2.38. The molecule has 3 aromatic carbocycles. The van der Waals surface area contributed by atoms with Gasteiger partial charge < -0.3 is 20.5 Å². The lowest BCUT2D eigenvalue weighted by Gasteiger charge is -2.14. The van der Waals surface area contributed by atoms with E-state index in [1.54, 1.807) is 0 Å². The number of hydrogen-bond acceptors (Lipinski definition) is 2. The minimum Gasteiger partial charge on any atom is -0.480 e. The second-order valence-corrected chi connectivity index (χ2v) is 7.25. The molecule has 1 heterocycles. The maximum Gasteiger partial charge on any atom is 0.321 e. The number of carboxylic acids is 1. The number of carbonyl (C=O) groups is 1. The van der Waals surface area contributed by atoms with Crippen molar-refractivity contribution >= 4 is 16.9 Å². The molecule has 30 heavy (non-hydrogen) atoms. The lowest BCUT2D eigenvalue weighted by atomic mass is 10.0. The van der Waals surface area contributed by atoms with E-state index >= 15 is 0 Å². The van der Waals surface area contributed by atoms with Crippen LogP contribution in [0.1, 0.15) is 16.7 Å². The molecule has 0 amide bonds. The van der Waals surface area contributed by atoms with Crippen LogP contribution in [0.4, 0.5) is 0 Å². The van der Waals surface area contributed by atoms with Crippen molar-refractivity contribution in [3.63, 3.8) is 0 Å². The first-order chi connectivity index (χ1) is 14.2. The van der Waals surface area contributed by atoms with Crippen LogP contribution in [0.25, 0.3) is 10.9 Å². The Bertz CT molecular complexity index is 1090. The largest absolute Gasteiger partial charge is 0.480 e. The first kappa shape index (κ1) is 21.3. The zero-order valence-electron chi connectivity index (χ0n) is 16.7. The SMILES string of the molecule is O.O=C(O)[C@H](Cc1cn(Cc2ccccc2)c2ccccc12)NCc1ccccc1. The summed E-state index contributed by atoms with van der Waals surface area (Å²) in [6, 6.07) is 27.7. The second-order valence-electron chi connectivity index (χ2n) is 7.25. The van der Waals surface area contributed by atoms with E-state index in [-0.39, 0.29) is 5.48 Å². The predicted molar refractivity (Wildman–Crippen MR) is 120 cm³/mol. The maximum atomic E-state index is 11.9. The van der Waals surface area contributed by atoms with Gasteiger partial charge in [0.1, 0.15) is 6.04 Å². The Morgan fingerprint density at radius 1 is 0.867 bits per heavy atom. The van der Waals surface area contributed by atoms with Gasteiger partial charge in [-0.15, -0.1) is 0 Å². The van der Waals surface area contributed by atoms with Crippen molar-refractivity contribution in [2.75, 3.05) is 0 Å². The summed E-state index contributed by atoms with van der Waals surface area (Å²) in [5, 5.41) is 14.1. The molecule has 0 aliphatic heterocycles. The fraction of sp³-hybridized carbons (Fsp3) is 0.160. The quantitative estimate of drug-likeness (QED) is 0.472. The van der Waals surface area contributed by atoms with Crippen LogP contribution in [0.2, 0.25) is 0 Å². The minimum absolute atomic E-state index is 0. The van der Waals surface area contributed by atoms with Crippen LogP contribution in [0, 0.1) is 0 Å². The molecule has 0 spiro atoms. The Morgan fingerprint density at radius 2 is 1.47 bits per heavy atom. The van der Waals surface area contributed by atoms with E-state index in [2.05, 4.69) is 40.3 Å². The average Bonchev–Trinajstić information content (AvgIpc) is 3.10. The van der Waals surface area contributed by atoms with Crippen LogP contribution in [-0.4, -0.2) is 27.2 Å². The van der Waals surface area contributed by atoms with Gasteiger partial charge >= 0.3 is 5.97 Å². The van der Waals surface area contributed by atoms with Gasteiger partial charge in [0.25, 0.3) is 0 Å². The molecule has 5 nitrogen and oxygen atoms in total. The highest BCUT2D eigenvalue weighted by Gasteiger charge is 2.20. The standard InChI is InChI=1S/C25H24N2O2.H2O/c28-25(29)23(26-16-19-9-3-1-4-10-19)15-21-18-27(17-20-11-5-2-6-12-20)24-14-8-7-13-22(21)24;/h1-14,18,23,26H,15-17H2,(H,28,29);1H2/t23-;/m0./s1. The van der Waals surface area contributed by atoms with Crippen LogP contribution < -0.4 is 5.32 Å². The van der Waals surface area contributed by atoms with E-state index in [0.29, 0.717) is 13.0 Å². The molecule has 0 unspecified atom stereocenters. The first-order valence-corrected chi connectivity index (χ1v) is 9.81. The van der Waals surface area contributed by atoms with Crippen LogP contribution in [-0.2, 0) is 24.3 Å². The summed E-state index contributed by atoms with van der Waals surface area (Å²) in [5.74, 6) is -0.833. The molecule has 0 saturated heterocycles. The molecule has 4 aromatic rings. The van der Waals surface area contributed by atoms with Crippen LogP contribution in [0.3, 0.4) is 0 Å². The molecule has 4 N–H and O–H groups in total. The molecule has 0 saturated carbocycles. The molecule has 0 fully saturated rings. The molecule has 0 aliphatic rings. The van der Waals surface area contributed by atoms with Gasteiger partial charge in [-0.2, -0.15) is 0 Å². The Labute approximate surface area is 175 Å². The molecule has 5 heteroatoms. The number of hydrogen-bond donors (Lipinski definition) is 2. The minimum atomic E-state index is -0.833. The number of nitrogens with one attached hydrogen (secondary N) is 1. The third-order valence-corrected chi connectivity index (χ3v) is 5.18. The van der Waals surface area contributed by atoms with Crippen molar-refractivity contribution in [2.24, 2.45) is 0 Å². The van der Waals surface area contributed by atoms with Crippen molar-refractivity contribution in [1.82, 2.24) is 9.88 Å². The highest BCUT2D eigenvalue weighted by atomic mass is 16.4. The third-order valence-electron chi connectivity index (χ3n) is 5.18. The maximum absolute atomic E-state index is 11.9. The van der Waals surface area contributed by atoms with Crippen molar-refractivity contribution in [2.45, 2.75) is 25.6 Å². The number of fused-ring (bicyclic) bond motifs is 1. The Hall–Kier alpha value is -3.41. The highest BCUT2D eigenvalue weighted by Crippen LogP contribution is 2.24. The molecule has 0 bridgehead atoms.